The Morgan fingerprint density at radius 2 is 1.65 bits per heavy atom. The molecule has 0 aliphatic heterocycles. The van der Waals surface area contributed by atoms with Gasteiger partial charge in [0, 0.05) is 40.9 Å². The first-order valence-electron chi connectivity index (χ1n) is 12.1. The highest BCUT2D eigenvalue weighted by Crippen LogP contribution is 2.52. The van der Waals surface area contributed by atoms with Crippen LogP contribution in [0.1, 0.15) is 35.3 Å². The monoisotopic (exact) mass is 565 g/mol. The van der Waals surface area contributed by atoms with E-state index in [4.69, 9.17) is 14.8 Å². The van der Waals surface area contributed by atoms with Crippen molar-refractivity contribution in [1.82, 2.24) is 24.6 Å². The Morgan fingerprint density at radius 3 is 2.22 bits per heavy atom. The molecule has 10 nitrogen and oxygen atoms in total. The van der Waals surface area contributed by atoms with Gasteiger partial charge in [-0.3, -0.25) is 14.0 Å². The van der Waals surface area contributed by atoms with Crippen molar-refractivity contribution >= 4 is 37.2 Å². The number of nitrogens with two attached hydrogens (primary N) is 1. The molecular weight excluding hydrogens is 529 g/mol. The summed E-state index contributed by atoms with van der Waals surface area (Å²) < 4.78 is 27.1. The molecule has 2 heterocycles. The van der Waals surface area contributed by atoms with E-state index in [1.54, 1.807) is 43.1 Å². The highest BCUT2D eigenvalue weighted by Gasteiger charge is 2.35. The molecule has 1 atom stereocenters. The van der Waals surface area contributed by atoms with E-state index in [9.17, 15) is 4.57 Å². The number of hydrogen-bond acceptors (Lipinski definition) is 8. The van der Waals surface area contributed by atoms with E-state index in [1.165, 1.54) is 4.67 Å². The summed E-state index contributed by atoms with van der Waals surface area (Å²) in [5, 5.41) is 0. The van der Waals surface area contributed by atoms with Crippen LogP contribution in [0.4, 0.5) is 0 Å². The molecule has 2 aromatic heterocycles. The van der Waals surface area contributed by atoms with Crippen molar-refractivity contribution < 1.29 is 13.6 Å². The Kier molecular flexibility index (Phi) is 12.1. The van der Waals surface area contributed by atoms with Gasteiger partial charge in [0.2, 0.25) is 0 Å². The molecule has 0 aliphatic carbocycles. The van der Waals surface area contributed by atoms with Crippen LogP contribution in [0.3, 0.4) is 0 Å². The van der Waals surface area contributed by atoms with Gasteiger partial charge in [0.25, 0.3) is 0 Å². The number of H-pyrrole nitrogens is 2. The molecule has 202 valence electrons. The lowest BCUT2D eigenvalue weighted by molar-refractivity contribution is 0.175. The molecule has 4 N–H and O–H groups in total. The van der Waals surface area contributed by atoms with Gasteiger partial charge in [0.05, 0.1) is 43.8 Å². The number of aliphatic imine (C=N–C) groups is 1. The molecule has 0 spiro atoms. The molecule has 37 heavy (non-hydrogen) atoms. The second-order valence-electron chi connectivity index (χ2n) is 8.06. The average Bonchev–Trinajstić information content (AvgIpc) is 3.50. The maximum Gasteiger partial charge on any atom is 0.437 e. The lowest BCUT2D eigenvalue weighted by Gasteiger charge is -2.30. The summed E-state index contributed by atoms with van der Waals surface area (Å²) >= 11 is 3.39. The van der Waals surface area contributed by atoms with E-state index >= 15 is 0 Å². The second kappa shape index (κ2) is 15.2. The summed E-state index contributed by atoms with van der Waals surface area (Å²) in [6.07, 6.45) is 3.39. The number of guanidine groups is 1. The largest absolute Gasteiger partial charge is 0.437 e. The molecule has 0 radical (unpaired) electrons. The second-order valence-corrected chi connectivity index (χ2v) is 12.2. The molecule has 1 aromatic carbocycles. The third-order valence-electron chi connectivity index (χ3n) is 5.39. The van der Waals surface area contributed by atoms with E-state index < -0.39 is 7.75 Å². The molecular formula is C24H36N7O3PS2. The van der Waals surface area contributed by atoms with Crippen molar-refractivity contribution in [2.24, 2.45) is 10.7 Å². The summed E-state index contributed by atoms with van der Waals surface area (Å²) in [6.45, 7) is 6.96. The lowest BCUT2D eigenvalue weighted by Crippen LogP contribution is -2.38. The third kappa shape index (κ3) is 9.22. The Labute approximate surface area is 227 Å². The minimum absolute atomic E-state index is 0.139. The predicted octanol–water partition coefficient (Wildman–Crippen LogP) is 4.89. The van der Waals surface area contributed by atoms with Crippen LogP contribution in [0.25, 0.3) is 0 Å². The number of hydrogen-bond donors (Lipinski definition) is 3. The average molecular weight is 566 g/mol. The minimum Gasteiger partial charge on any atom is -0.369 e. The normalized spacial score (nSPS) is 13.5. The van der Waals surface area contributed by atoms with Crippen LogP contribution >= 0.6 is 31.3 Å². The van der Waals surface area contributed by atoms with Crippen LogP contribution in [0.15, 0.2) is 48.0 Å². The number of benzene rings is 1. The summed E-state index contributed by atoms with van der Waals surface area (Å²) in [7, 11) is -3.74. The van der Waals surface area contributed by atoms with Crippen LogP contribution in [0.2, 0.25) is 0 Å². The van der Waals surface area contributed by atoms with Crippen LogP contribution in [-0.4, -0.2) is 61.8 Å². The zero-order valence-electron chi connectivity index (χ0n) is 21.6. The summed E-state index contributed by atoms with van der Waals surface area (Å²) in [5.41, 5.74) is 11.4. The number of aromatic amines is 2. The van der Waals surface area contributed by atoms with Crippen LogP contribution in [0.5, 0.6) is 0 Å². The molecule has 3 aromatic rings. The van der Waals surface area contributed by atoms with Crippen LogP contribution < -0.4 is 5.73 Å². The lowest BCUT2D eigenvalue weighted by atomic mass is 10.2. The van der Waals surface area contributed by atoms with Gasteiger partial charge in [-0.1, -0.05) is 30.3 Å². The van der Waals surface area contributed by atoms with E-state index in [0.29, 0.717) is 18.8 Å². The first-order valence-corrected chi connectivity index (χ1v) is 15.9. The number of nitrogens with zero attached hydrogens (tertiary/aromatic N) is 4. The van der Waals surface area contributed by atoms with Crippen molar-refractivity contribution in [3.63, 3.8) is 0 Å². The number of aryl methyl sites for hydroxylation is 2. The van der Waals surface area contributed by atoms with Crippen molar-refractivity contribution in [2.45, 2.75) is 38.9 Å². The Hall–Kier alpha value is -2.24. The molecule has 0 amide bonds. The van der Waals surface area contributed by atoms with E-state index in [1.807, 2.05) is 44.2 Å². The number of imidazole rings is 2. The van der Waals surface area contributed by atoms with Gasteiger partial charge in [-0.25, -0.2) is 19.2 Å². The molecule has 0 bridgehead atoms. The molecule has 13 heteroatoms. The SMILES string of the molecule is CCOP(=O)(OCc1ccccc1)N(CCSCc1nc[nH]c1C)/C(N)=N/CCSCc1nc[nH]c1C. The van der Waals surface area contributed by atoms with E-state index in [0.717, 1.165) is 45.6 Å². The van der Waals surface area contributed by atoms with Gasteiger partial charge in [-0.15, -0.1) is 0 Å². The quantitative estimate of drug-likeness (QED) is 0.0960. The van der Waals surface area contributed by atoms with Gasteiger partial charge in [0.15, 0.2) is 5.96 Å². The van der Waals surface area contributed by atoms with Gasteiger partial charge >= 0.3 is 7.75 Å². The van der Waals surface area contributed by atoms with Crippen LogP contribution in [-0.2, 0) is 31.7 Å². The molecule has 0 saturated carbocycles. The number of thioether (sulfide) groups is 2. The highest BCUT2D eigenvalue weighted by atomic mass is 32.2. The van der Waals surface area contributed by atoms with Crippen molar-refractivity contribution in [3.05, 3.63) is 71.3 Å². The Bertz CT molecular complexity index is 1160. The Balaban J connectivity index is 1.64. The highest BCUT2D eigenvalue weighted by molar-refractivity contribution is 7.98. The predicted molar refractivity (Wildman–Crippen MR) is 153 cm³/mol. The fraction of sp³-hybridized carbons (Fsp3) is 0.458. The first-order chi connectivity index (χ1) is 17.9. The molecule has 0 aliphatic rings. The zero-order chi connectivity index (χ0) is 26.5. The van der Waals surface area contributed by atoms with Gasteiger partial charge < -0.3 is 15.7 Å². The zero-order valence-corrected chi connectivity index (χ0v) is 24.1. The fourth-order valence-electron chi connectivity index (χ4n) is 3.29. The van der Waals surface area contributed by atoms with Gasteiger partial charge in [-0.2, -0.15) is 23.5 Å². The number of aromatic nitrogens is 4. The summed E-state index contributed by atoms with van der Waals surface area (Å²) in [6, 6.07) is 9.57. The topological polar surface area (TPSA) is 135 Å². The molecule has 3 rings (SSSR count). The van der Waals surface area contributed by atoms with E-state index in [2.05, 4.69) is 24.9 Å². The van der Waals surface area contributed by atoms with Crippen molar-refractivity contribution in [1.29, 1.82) is 0 Å². The van der Waals surface area contributed by atoms with Gasteiger partial charge in [-0.05, 0) is 26.3 Å². The summed E-state index contributed by atoms with van der Waals surface area (Å²) in [5.74, 6) is 3.06. The number of rotatable bonds is 16. The molecule has 0 fully saturated rings. The minimum atomic E-state index is -3.74. The smallest absolute Gasteiger partial charge is 0.369 e. The molecule has 1 unspecified atom stereocenters. The molecule has 0 saturated heterocycles. The first kappa shape index (κ1) is 29.3. The maximum absolute atomic E-state index is 14.0. The van der Waals surface area contributed by atoms with Crippen molar-refractivity contribution in [3.8, 4) is 0 Å². The fourth-order valence-corrected chi connectivity index (χ4v) is 6.87. The van der Waals surface area contributed by atoms with Crippen LogP contribution in [0, 0.1) is 13.8 Å². The number of nitrogens with one attached hydrogen (secondary N) is 2. The summed E-state index contributed by atoms with van der Waals surface area (Å²) in [4.78, 5) is 19.4. The van der Waals surface area contributed by atoms with Gasteiger partial charge in [0.1, 0.15) is 0 Å². The van der Waals surface area contributed by atoms with Crippen molar-refractivity contribution in [2.75, 3.05) is 31.2 Å². The third-order valence-corrected chi connectivity index (χ3v) is 9.33. The Morgan fingerprint density at radius 1 is 1.03 bits per heavy atom. The standard InChI is InChI=1S/C24H36N7O3PS2/c1-4-33-35(32,34-14-21-8-6-5-7-9-21)31(11-13-37-16-23-20(3)28-18-30-23)24(25)26-10-12-36-15-22-19(2)27-17-29-22/h5-9,17-18H,4,10-16H2,1-3H3,(H2,25,26)(H,27,29)(H,28,30). The van der Waals surface area contributed by atoms with E-state index in [-0.39, 0.29) is 19.2 Å². The maximum atomic E-state index is 14.0.